The van der Waals surface area contributed by atoms with Gasteiger partial charge < -0.3 is 13.6 Å². The summed E-state index contributed by atoms with van der Waals surface area (Å²) in [7, 11) is 0. The number of hydrogen-bond acceptors (Lipinski definition) is 1. The standard InChI is InChI=1S/C54H34N2O/c1-2-11-35(12-3-1)38-13-10-14-39(31-38)40-25-30-51-46(32-40)43-15-4-7-18-49(43)55(51)41-26-21-36(22-27-41)37-23-28-42(29-24-37)56-50-19-8-5-16-44(50)47-33-48-45-17-6-9-20-53(45)57-54(48)34-52(47)56/h1-34H. The van der Waals surface area contributed by atoms with E-state index in [1.165, 1.54) is 71.5 Å². The van der Waals surface area contributed by atoms with Crippen molar-refractivity contribution in [2.45, 2.75) is 0 Å². The minimum Gasteiger partial charge on any atom is -0.456 e. The van der Waals surface area contributed by atoms with Gasteiger partial charge in [0.2, 0.25) is 0 Å². The fourth-order valence-electron chi connectivity index (χ4n) is 9.01. The van der Waals surface area contributed by atoms with Gasteiger partial charge in [-0.25, -0.2) is 0 Å². The predicted molar refractivity (Wildman–Crippen MR) is 239 cm³/mol. The highest BCUT2D eigenvalue weighted by molar-refractivity contribution is 6.17. The van der Waals surface area contributed by atoms with Gasteiger partial charge in [-0.3, -0.25) is 0 Å². The van der Waals surface area contributed by atoms with E-state index in [0.29, 0.717) is 0 Å². The highest BCUT2D eigenvalue weighted by Gasteiger charge is 2.17. The first kappa shape index (κ1) is 31.7. The number of benzene rings is 9. The number of hydrogen-bond donors (Lipinski definition) is 0. The van der Waals surface area contributed by atoms with Gasteiger partial charge in [-0.2, -0.15) is 0 Å². The summed E-state index contributed by atoms with van der Waals surface area (Å²) in [6.07, 6.45) is 0. The summed E-state index contributed by atoms with van der Waals surface area (Å²) in [5.41, 5.74) is 16.0. The zero-order valence-electron chi connectivity index (χ0n) is 30.9. The van der Waals surface area contributed by atoms with E-state index in [1.807, 2.05) is 12.1 Å². The molecule has 9 aromatic carbocycles. The number of fused-ring (bicyclic) bond motifs is 9. The highest BCUT2D eigenvalue weighted by Crippen LogP contribution is 2.40. The third-order valence-electron chi connectivity index (χ3n) is 11.7. The van der Waals surface area contributed by atoms with Crippen molar-refractivity contribution in [2.75, 3.05) is 0 Å². The van der Waals surface area contributed by atoms with Gasteiger partial charge >= 0.3 is 0 Å². The van der Waals surface area contributed by atoms with Crippen LogP contribution in [-0.4, -0.2) is 9.13 Å². The fourth-order valence-corrected chi connectivity index (χ4v) is 9.01. The van der Waals surface area contributed by atoms with Crippen molar-refractivity contribution in [3.63, 3.8) is 0 Å². The first-order valence-electron chi connectivity index (χ1n) is 19.5. The minimum absolute atomic E-state index is 0.904. The van der Waals surface area contributed by atoms with Crippen molar-refractivity contribution in [3.8, 4) is 44.8 Å². The molecule has 0 N–H and O–H groups in total. The Kier molecular flexibility index (Phi) is 6.93. The van der Waals surface area contributed by atoms with Crippen molar-refractivity contribution in [1.82, 2.24) is 9.13 Å². The van der Waals surface area contributed by atoms with E-state index in [9.17, 15) is 0 Å². The quantitative estimate of drug-likeness (QED) is 0.173. The molecule has 0 atom stereocenters. The molecule has 0 radical (unpaired) electrons. The molecular weight excluding hydrogens is 693 g/mol. The topological polar surface area (TPSA) is 23.0 Å². The SMILES string of the molecule is c1ccc(-c2cccc(-c3ccc4c(c3)c3ccccc3n4-c3ccc(-c4ccc(-n5c6ccccc6c6cc7c(cc65)oc5ccccc57)cc4)cc3)c2)cc1. The molecular formula is C54H34N2O. The summed E-state index contributed by atoms with van der Waals surface area (Å²) in [5.74, 6) is 0. The Bertz CT molecular complexity index is 3490. The van der Waals surface area contributed by atoms with Crippen LogP contribution >= 0.6 is 0 Å². The van der Waals surface area contributed by atoms with E-state index in [1.54, 1.807) is 0 Å². The summed E-state index contributed by atoms with van der Waals surface area (Å²) in [6, 6.07) is 74.5. The van der Waals surface area contributed by atoms with Gasteiger partial charge in [-0.15, -0.1) is 0 Å². The molecule has 0 saturated heterocycles. The monoisotopic (exact) mass is 726 g/mol. The second-order valence-corrected chi connectivity index (χ2v) is 14.9. The number of nitrogens with zero attached hydrogens (tertiary/aromatic N) is 2. The van der Waals surface area contributed by atoms with Gasteiger partial charge in [-0.05, 0) is 100 Å². The number of para-hydroxylation sites is 3. The van der Waals surface area contributed by atoms with Crippen LogP contribution in [-0.2, 0) is 0 Å². The van der Waals surface area contributed by atoms with E-state index in [0.717, 1.165) is 38.8 Å². The number of furan rings is 1. The van der Waals surface area contributed by atoms with Gasteiger partial charge in [0.15, 0.2) is 0 Å². The van der Waals surface area contributed by atoms with Crippen LogP contribution in [0.5, 0.6) is 0 Å². The molecule has 0 aliphatic rings. The zero-order valence-corrected chi connectivity index (χ0v) is 30.9. The molecule has 12 aromatic rings. The van der Waals surface area contributed by atoms with Gasteiger partial charge in [0.1, 0.15) is 11.2 Å². The Morgan fingerprint density at radius 2 is 0.719 bits per heavy atom. The maximum Gasteiger partial charge on any atom is 0.137 e. The third-order valence-corrected chi connectivity index (χ3v) is 11.7. The Labute approximate surface area is 328 Å². The average molecular weight is 727 g/mol. The Morgan fingerprint density at radius 1 is 0.246 bits per heavy atom. The van der Waals surface area contributed by atoms with Crippen LogP contribution in [0.3, 0.4) is 0 Å². The van der Waals surface area contributed by atoms with E-state index >= 15 is 0 Å². The smallest absolute Gasteiger partial charge is 0.137 e. The van der Waals surface area contributed by atoms with Crippen molar-refractivity contribution in [2.24, 2.45) is 0 Å². The van der Waals surface area contributed by atoms with Crippen LogP contribution in [0.25, 0.3) is 110 Å². The van der Waals surface area contributed by atoms with Gasteiger partial charge in [-0.1, -0.05) is 133 Å². The van der Waals surface area contributed by atoms with Crippen molar-refractivity contribution < 1.29 is 4.42 Å². The van der Waals surface area contributed by atoms with Crippen LogP contribution < -0.4 is 0 Å². The molecule has 0 bridgehead atoms. The van der Waals surface area contributed by atoms with Crippen molar-refractivity contribution in [1.29, 1.82) is 0 Å². The summed E-state index contributed by atoms with van der Waals surface area (Å²) >= 11 is 0. The molecule has 12 rings (SSSR count). The molecule has 3 aromatic heterocycles. The average Bonchev–Trinajstić information content (AvgIpc) is 3.93. The van der Waals surface area contributed by atoms with Crippen LogP contribution in [0.4, 0.5) is 0 Å². The molecule has 0 saturated carbocycles. The molecule has 3 heterocycles. The fraction of sp³-hybridized carbons (Fsp3) is 0. The molecule has 0 spiro atoms. The number of aromatic nitrogens is 2. The van der Waals surface area contributed by atoms with Crippen LogP contribution in [0.2, 0.25) is 0 Å². The normalized spacial score (nSPS) is 11.9. The molecule has 0 unspecified atom stereocenters. The summed E-state index contributed by atoms with van der Waals surface area (Å²) in [6.45, 7) is 0. The highest BCUT2D eigenvalue weighted by atomic mass is 16.3. The second-order valence-electron chi connectivity index (χ2n) is 14.9. The van der Waals surface area contributed by atoms with Crippen molar-refractivity contribution >= 4 is 65.6 Å². The first-order chi connectivity index (χ1) is 28.2. The van der Waals surface area contributed by atoms with Gasteiger partial charge in [0.05, 0.1) is 22.1 Å². The van der Waals surface area contributed by atoms with Crippen LogP contribution in [0, 0.1) is 0 Å². The maximum atomic E-state index is 6.33. The van der Waals surface area contributed by atoms with Crippen LogP contribution in [0.15, 0.2) is 211 Å². The Morgan fingerprint density at radius 3 is 1.40 bits per heavy atom. The lowest BCUT2D eigenvalue weighted by Gasteiger charge is -2.11. The summed E-state index contributed by atoms with van der Waals surface area (Å²) in [5, 5.41) is 7.25. The molecule has 3 nitrogen and oxygen atoms in total. The van der Waals surface area contributed by atoms with Gasteiger partial charge in [0, 0.05) is 49.8 Å². The molecule has 57 heavy (non-hydrogen) atoms. The minimum atomic E-state index is 0.904. The molecule has 0 amide bonds. The van der Waals surface area contributed by atoms with E-state index in [4.69, 9.17) is 4.42 Å². The van der Waals surface area contributed by atoms with Gasteiger partial charge in [0.25, 0.3) is 0 Å². The van der Waals surface area contributed by atoms with Crippen LogP contribution in [0.1, 0.15) is 0 Å². The largest absolute Gasteiger partial charge is 0.456 e. The van der Waals surface area contributed by atoms with E-state index in [-0.39, 0.29) is 0 Å². The lowest BCUT2D eigenvalue weighted by molar-refractivity contribution is 0.669. The summed E-state index contributed by atoms with van der Waals surface area (Å²) < 4.78 is 11.1. The molecule has 0 aliphatic carbocycles. The molecule has 0 aliphatic heterocycles. The maximum absolute atomic E-state index is 6.33. The molecule has 0 fully saturated rings. The van der Waals surface area contributed by atoms with E-state index < -0.39 is 0 Å². The molecule has 3 heteroatoms. The third kappa shape index (κ3) is 4.99. The van der Waals surface area contributed by atoms with E-state index in [2.05, 4.69) is 203 Å². The molecule has 266 valence electrons. The van der Waals surface area contributed by atoms with Crippen molar-refractivity contribution in [3.05, 3.63) is 206 Å². The predicted octanol–water partition coefficient (Wildman–Crippen LogP) is 14.8. The number of rotatable bonds is 5. The Balaban J connectivity index is 0.904. The zero-order chi connectivity index (χ0) is 37.5. The Hall–Kier alpha value is -7.62. The lowest BCUT2D eigenvalue weighted by Crippen LogP contribution is -1.95. The first-order valence-corrected chi connectivity index (χ1v) is 19.5. The lowest BCUT2D eigenvalue weighted by atomic mass is 9.98. The summed E-state index contributed by atoms with van der Waals surface area (Å²) in [4.78, 5) is 0. The second kappa shape index (κ2) is 12.5.